The second-order valence-corrected chi connectivity index (χ2v) is 4.67. The van der Waals surface area contributed by atoms with Crippen molar-refractivity contribution < 1.29 is 4.79 Å². The lowest BCUT2D eigenvalue weighted by atomic mass is 10.1. The fourth-order valence-corrected chi connectivity index (χ4v) is 2.20. The van der Waals surface area contributed by atoms with Crippen molar-refractivity contribution in [3.63, 3.8) is 0 Å². The van der Waals surface area contributed by atoms with E-state index in [2.05, 4.69) is 17.1 Å². The molecule has 0 saturated carbocycles. The van der Waals surface area contributed by atoms with E-state index >= 15 is 0 Å². The van der Waals surface area contributed by atoms with Gasteiger partial charge in [0.2, 0.25) is 5.91 Å². The lowest BCUT2D eigenvalue weighted by Gasteiger charge is -2.27. The Morgan fingerprint density at radius 1 is 1.33 bits per heavy atom. The first kappa shape index (κ1) is 12.5. The maximum absolute atomic E-state index is 11.8. The van der Waals surface area contributed by atoms with Crippen LogP contribution >= 0.6 is 0 Å². The summed E-state index contributed by atoms with van der Waals surface area (Å²) >= 11 is 0. The number of carbonyl (C=O) groups is 1. The number of amides is 1. The van der Waals surface area contributed by atoms with Gasteiger partial charge in [-0.3, -0.25) is 4.79 Å². The fourth-order valence-electron chi connectivity index (χ4n) is 2.20. The Labute approximate surface area is 93.2 Å². The van der Waals surface area contributed by atoms with Crippen LogP contribution in [-0.4, -0.2) is 37.5 Å². The molecule has 0 aromatic rings. The lowest BCUT2D eigenvalue weighted by molar-refractivity contribution is -0.132. The topological polar surface area (TPSA) is 32.3 Å². The Kier molecular flexibility index (Phi) is 5.69. The van der Waals surface area contributed by atoms with E-state index in [0.29, 0.717) is 11.8 Å². The van der Waals surface area contributed by atoms with Gasteiger partial charge in [0.25, 0.3) is 0 Å². The summed E-state index contributed by atoms with van der Waals surface area (Å²) in [7, 11) is 1.96. The van der Waals surface area contributed by atoms with Gasteiger partial charge in [-0.25, -0.2) is 0 Å². The molecule has 1 aliphatic rings. The molecule has 3 heteroatoms. The summed E-state index contributed by atoms with van der Waals surface area (Å²) in [5.41, 5.74) is 0. The van der Waals surface area contributed by atoms with Crippen LogP contribution in [0.3, 0.4) is 0 Å². The molecule has 1 fully saturated rings. The van der Waals surface area contributed by atoms with Gasteiger partial charge in [0.05, 0.1) is 0 Å². The number of hydrogen-bond donors (Lipinski definition) is 1. The van der Waals surface area contributed by atoms with Crippen molar-refractivity contribution in [2.24, 2.45) is 5.92 Å². The molecule has 1 heterocycles. The third-order valence-electron chi connectivity index (χ3n) is 3.01. The van der Waals surface area contributed by atoms with Gasteiger partial charge in [-0.2, -0.15) is 0 Å². The highest BCUT2D eigenvalue weighted by Crippen LogP contribution is 2.12. The minimum atomic E-state index is 0.359. The summed E-state index contributed by atoms with van der Waals surface area (Å²) in [6.45, 7) is 5.07. The lowest BCUT2D eigenvalue weighted by Crippen LogP contribution is -2.38. The maximum Gasteiger partial charge on any atom is 0.222 e. The van der Waals surface area contributed by atoms with Gasteiger partial charge in [0.15, 0.2) is 0 Å². The van der Waals surface area contributed by atoms with E-state index < -0.39 is 0 Å². The second kappa shape index (κ2) is 6.83. The van der Waals surface area contributed by atoms with Gasteiger partial charge in [-0.15, -0.1) is 0 Å². The molecule has 0 aliphatic carbocycles. The van der Waals surface area contributed by atoms with Crippen molar-refractivity contribution in [2.45, 2.75) is 39.0 Å². The zero-order valence-corrected chi connectivity index (χ0v) is 10.1. The second-order valence-electron chi connectivity index (χ2n) is 4.67. The van der Waals surface area contributed by atoms with E-state index in [9.17, 15) is 4.79 Å². The Balaban J connectivity index is 2.38. The Bertz CT molecular complexity index is 194. The molecule has 0 spiro atoms. The summed E-state index contributed by atoms with van der Waals surface area (Å²) in [4.78, 5) is 13.9. The largest absolute Gasteiger partial charge is 0.342 e. The third kappa shape index (κ3) is 4.65. The van der Waals surface area contributed by atoms with Crippen molar-refractivity contribution in [1.29, 1.82) is 0 Å². The molecular formula is C12H24N2O. The van der Waals surface area contributed by atoms with Crippen LogP contribution in [0.2, 0.25) is 0 Å². The smallest absolute Gasteiger partial charge is 0.222 e. The zero-order chi connectivity index (χ0) is 11.1. The van der Waals surface area contributed by atoms with Crippen molar-refractivity contribution >= 4 is 5.91 Å². The van der Waals surface area contributed by atoms with Crippen LogP contribution in [0.5, 0.6) is 0 Å². The number of nitrogens with zero attached hydrogens (tertiary/aromatic N) is 1. The van der Waals surface area contributed by atoms with Gasteiger partial charge < -0.3 is 10.2 Å². The molecule has 0 aromatic heterocycles. The Hall–Kier alpha value is -0.570. The van der Waals surface area contributed by atoms with Crippen LogP contribution < -0.4 is 5.32 Å². The molecule has 3 nitrogen and oxygen atoms in total. The highest BCUT2D eigenvalue weighted by atomic mass is 16.2. The molecule has 1 atom stereocenters. The summed E-state index contributed by atoms with van der Waals surface area (Å²) in [5, 5.41) is 3.16. The van der Waals surface area contributed by atoms with Gasteiger partial charge in [0.1, 0.15) is 0 Å². The highest BCUT2D eigenvalue weighted by Gasteiger charge is 2.17. The predicted octanol–water partition coefficient (Wildman–Crippen LogP) is 1.63. The standard InChI is InChI=1S/C12H24N2O/c1-11(9-13-2)10-14-8-6-4-3-5-7-12(14)15/h11,13H,3-10H2,1-2H3. The van der Waals surface area contributed by atoms with Crippen molar-refractivity contribution in [3.05, 3.63) is 0 Å². The van der Waals surface area contributed by atoms with Crippen LogP contribution in [0.25, 0.3) is 0 Å². The molecule has 1 aliphatic heterocycles. The first-order valence-corrected chi connectivity index (χ1v) is 6.16. The summed E-state index contributed by atoms with van der Waals surface area (Å²) < 4.78 is 0. The van der Waals surface area contributed by atoms with Gasteiger partial charge >= 0.3 is 0 Å². The van der Waals surface area contributed by atoms with Crippen molar-refractivity contribution in [2.75, 3.05) is 26.7 Å². The van der Waals surface area contributed by atoms with Crippen molar-refractivity contribution in [3.8, 4) is 0 Å². The average Bonchev–Trinajstić information content (AvgIpc) is 2.18. The summed E-state index contributed by atoms with van der Waals surface area (Å²) in [6.07, 6.45) is 5.52. The third-order valence-corrected chi connectivity index (χ3v) is 3.01. The first-order chi connectivity index (χ1) is 7.24. The maximum atomic E-state index is 11.8. The van der Waals surface area contributed by atoms with Crippen molar-refractivity contribution in [1.82, 2.24) is 10.2 Å². The van der Waals surface area contributed by atoms with Gasteiger partial charge in [-0.05, 0) is 32.4 Å². The van der Waals surface area contributed by atoms with E-state index in [1.54, 1.807) is 0 Å². The minimum absolute atomic E-state index is 0.359. The molecule has 0 radical (unpaired) electrons. The monoisotopic (exact) mass is 212 g/mol. The predicted molar refractivity (Wildman–Crippen MR) is 62.8 cm³/mol. The van der Waals surface area contributed by atoms with Crippen LogP contribution in [-0.2, 0) is 4.79 Å². The Morgan fingerprint density at radius 3 is 2.80 bits per heavy atom. The number of likely N-dealkylation sites (tertiary alicyclic amines) is 1. The zero-order valence-electron chi connectivity index (χ0n) is 10.1. The van der Waals surface area contributed by atoms with Gasteiger partial charge in [-0.1, -0.05) is 19.8 Å². The fraction of sp³-hybridized carbons (Fsp3) is 0.917. The molecule has 1 rings (SSSR count). The quantitative estimate of drug-likeness (QED) is 0.768. The van der Waals surface area contributed by atoms with Crippen LogP contribution in [0.4, 0.5) is 0 Å². The van der Waals surface area contributed by atoms with E-state index in [4.69, 9.17) is 0 Å². The first-order valence-electron chi connectivity index (χ1n) is 6.16. The molecule has 0 bridgehead atoms. The van der Waals surface area contributed by atoms with Crippen LogP contribution in [0.15, 0.2) is 0 Å². The van der Waals surface area contributed by atoms with E-state index in [-0.39, 0.29) is 0 Å². The molecule has 1 N–H and O–H groups in total. The molecule has 1 unspecified atom stereocenters. The number of nitrogens with one attached hydrogen (secondary N) is 1. The SMILES string of the molecule is CNCC(C)CN1CCCCCCC1=O. The summed E-state index contributed by atoms with van der Waals surface area (Å²) in [6, 6.07) is 0. The minimum Gasteiger partial charge on any atom is -0.342 e. The molecule has 0 aromatic carbocycles. The van der Waals surface area contributed by atoms with E-state index in [0.717, 1.165) is 32.5 Å². The molecule has 1 amide bonds. The Morgan fingerprint density at radius 2 is 2.07 bits per heavy atom. The molecule has 1 saturated heterocycles. The van der Waals surface area contributed by atoms with Crippen LogP contribution in [0.1, 0.15) is 39.0 Å². The van der Waals surface area contributed by atoms with Gasteiger partial charge in [0, 0.05) is 19.5 Å². The number of rotatable bonds is 4. The number of hydrogen-bond acceptors (Lipinski definition) is 2. The molecule has 88 valence electrons. The van der Waals surface area contributed by atoms with Crippen LogP contribution in [0, 0.1) is 5.92 Å². The van der Waals surface area contributed by atoms with E-state index in [1.165, 1.54) is 19.3 Å². The molecule has 15 heavy (non-hydrogen) atoms. The average molecular weight is 212 g/mol. The molecular weight excluding hydrogens is 188 g/mol. The number of carbonyl (C=O) groups excluding carboxylic acids is 1. The van der Waals surface area contributed by atoms with E-state index in [1.807, 2.05) is 7.05 Å². The highest BCUT2D eigenvalue weighted by molar-refractivity contribution is 5.76. The normalized spacial score (nSPS) is 20.9. The summed E-state index contributed by atoms with van der Waals surface area (Å²) in [5.74, 6) is 0.913.